The lowest BCUT2D eigenvalue weighted by atomic mass is 10.0. The van der Waals surface area contributed by atoms with Gasteiger partial charge in [-0.1, -0.05) is 146 Å². The van der Waals surface area contributed by atoms with E-state index in [1.165, 1.54) is 53.7 Å². The molecular formula is C48H40P2+2. The summed E-state index contributed by atoms with van der Waals surface area (Å²) in [4.78, 5) is 0. The van der Waals surface area contributed by atoms with Gasteiger partial charge in [-0.3, -0.25) is 0 Å². The molecule has 0 aromatic heterocycles. The van der Waals surface area contributed by atoms with E-state index < -0.39 is 14.5 Å². The molecule has 0 fully saturated rings. The van der Waals surface area contributed by atoms with Gasteiger partial charge in [0.15, 0.2) is 0 Å². The molecule has 0 radical (unpaired) electrons. The van der Waals surface area contributed by atoms with Crippen molar-refractivity contribution >= 4 is 57.1 Å². The van der Waals surface area contributed by atoms with Gasteiger partial charge < -0.3 is 0 Å². The zero-order valence-corrected chi connectivity index (χ0v) is 29.9. The highest BCUT2D eigenvalue weighted by Crippen LogP contribution is 2.61. The third-order valence-corrected chi connectivity index (χ3v) is 18.8. The summed E-state index contributed by atoms with van der Waals surface area (Å²) in [6.07, 6.45) is 1.87. The van der Waals surface area contributed by atoms with Gasteiger partial charge in [0.25, 0.3) is 0 Å². The number of hydrogen-bond donors (Lipinski definition) is 0. The summed E-state index contributed by atoms with van der Waals surface area (Å²) in [7, 11) is -4.23. The van der Waals surface area contributed by atoms with Gasteiger partial charge in [-0.05, 0) is 94.7 Å². The van der Waals surface area contributed by atoms with E-state index in [9.17, 15) is 0 Å². The maximum Gasteiger partial charge on any atom is 0.116 e. The maximum atomic E-state index is 2.41. The average molecular weight is 679 g/mol. The first-order valence-electron chi connectivity index (χ1n) is 17.4. The molecule has 0 saturated heterocycles. The number of fused-ring (bicyclic) bond motifs is 1. The van der Waals surface area contributed by atoms with Gasteiger partial charge in [0, 0.05) is 0 Å². The standard InChI is InChI=1S/C48H40P2/c1-7-25-42(26-8-1)49(43-27-9-2-10-28-43,44-29-11-3-12-30-44)37-40-23-19-21-39-22-20-24-41(48(39)40)38-50(45-31-13-4-14-32-45,46-33-15-5-16-34-46)47-35-17-6-18-36-47/h1-36H,37-38H2/q+2. The summed E-state index contributed by atoms with van der Waals surface area (Å²) >= 11 is 0. The van der Waals surface area contributed by atoms with Gasteiger partial charge in [-0.15, -0.1) is 0 Å². The minimum Gasteiger partial charge on any atom is -0.0620 e. The van der Waals surface area contributed by atoms with Crippen LogP contribution in [0.25, 0.3) is 10.8 Å². The van der Waals surface area contributed by atoms with E-state index >= 15 is 0 Å². The van der Waals surface area contributed by atoms with Crippen LogP contribution in [0.2, 0.25) is 0 Å². The van der Waals surface area contributed by atoms with Gasteiger partial charge in [-0.25, -0.2) is 0 Å². The Kier molecular flexibility index (Phi) is 9.24. The molecule has 0 unspecified atom stereocenters. The van der Waals surface area contributed by atoms with E-state index in [2.05, 4.69) is 218 Å². The van der Waals surface area contributed by atoms with Crippen molar-refractivity contribution in [2.75, 3.05) is 0 Å². The Morgan fingerprint density at radius 2 is 0.480 bits per heavy atom. The molecule has 0 atom stereocenters. The van der Waals surface area contributed by atoms with E-state index in [4.69, 9.17) is 0 Å². The minimum absolute atomic E-state index is 0.937. The topological polar surface area (TPSA) is 0 Å². The molecule has 0 bridgehead atoms. The predicted octanol–water partition coefficient (Wildman–Crippen LogP) is 9.83. The van der Waals surface area contributed by atoms with E-state index in [0.717, 1.165) is 12.3 Å². The first kappa shape index (κ1) is 32.1. The van der Waals surface area contributed by atoms with Crippen molar-refractivity contribution in [1.82, 2.24) is 0 Å². The van der Waals surface area contributed by atoms with Crippen LogP contribution in [-0.2, 0) is 12.3 Å². The molecule has 8 aromatic rings. The summed E-state index contributed by atoms with van der Waals surface area (Å²) in [6.45, 7) is 0. The number of hydrogen-bond acceptors (Lipinski definition) is 0. The number of benzene rings is 8. The monoisotopic (exact) mass is 678 g/mol. The van der Waals surface area contributed by atoms with E-state index in [1.54, 1.807) is 0 Å². The van der Waals surface area contributed by atoms with E-state index in [-0.39, 0.29) is 0 Å². The zero-order chi connectivity index (χ0) is 33.6. The minimum atomic E-state index is -2.12. The van der Waals surface area contributed by atoms with E-state index in [0.29, 0.717) is 0 Å². The van der Waals surface area contributed by atoms with Crippen molar-refractivity contribution in [1.29, 1.82) is 0 Å². The van der Waals surface area contributed by atoms with Crippen LogP contribution in [0.5, 0.6) is 0 Å². The van der Waals surface area contributed by atoms with Gasteiger partial charge in [0.1, 0.15) is 46.4 Å². The molecule has 2 heteroatoms. The highest BCUT2D eigenvalue weighted by atomic mass is 31.2. The molecular weight excluding hydrogens is 638 g/mol. The van der Waals surface area contributed by atoms with Crippen LogP contribution in [0.3, 0.4) is 0 Å². The van der Waals surface area contributed by atoms with Crippen LogP contribution in [0, 0.1) is 0 Å². The first-order chi connectivity index (χ1) is 24.8. The van der Waals surface area contributed by atoms with Gasteiger partial charge in [-0.2, -0.15) is 0 Å². The van der Waals surface area contributed by atoms with Crippen LogP contribution in [0.15, 0.2) is 218 Å². The zero-order valence-electron chi connectivity index (χ0n) is 28.1. The Labute approximate surface area is 297 Å². The Hall–Kier alpha value is -5.12. The quantitative estimate of drug-likeness (QED) is 0.126. The molecule has 0 aliphatic rings. The number of rotatable bonds is 10. The molecule has 50 heavy (non-hydrogen) atoms. The van der Waals surface area contributed by atoms with Crippen LogP contribution in [0.1, 0.15) is 11.1 Å². The molecule has 8 aromatic carbocycles. The van der Waals surface area contributed by atoms with Crippen molar-refractivity contribution in [3.63, 3.8) is 0 Å². The smallest absolute Gasteiger partial charge is 0.0620 e. The third kappa shape index (κ3) is 5.90. The molecule has 0 N–H and O–H groups in total. The Morgan fingerprint density at radius 1 is 0.240 bits per heavy atom. The lowest BCUT2D eigenvalue weighted by Gasteiger charge is -2.30. The molecule has 0 saturated carbocycles. The van der Waals surface area contributed by atoms with Crippen molar-refractivity contribution in [3.8, 4) is 0 Å². The van der Waals surface area contributed by atoms with Gasteiger partial charge in [0.05, 0.1) is 12.3 Å². The Bertz CT molecular complexity index is 1930. The molecule has 0 spiro atoms. The van der Waals surface area contributed by atoms with Crippen LogP contribution in [0.4, 0.5) is 0 Å². The highest BCUT2D eigenvalue weighted by molar-refractivity contribution is 7.95. The molecule has 0 amide bonds. The fourth-order valence-electron chi connectivity index (χ4n) is 7.81. The second-order valence-corrected chi connectivity index (χ2v) is 19.9. The second-order valence-electron chi connectivity index (χ2n) is 12.9. The fourth-order valence-corrected chi connectivity index (χ4v) is 16.3. The van der Waals surface area contributed by atoms with Gasteiger partial charge in [0.2, 0.25) is 0 Å². The van der Waals surface area contributed by atoms with E-state index in [1.807, 2.05) is 0 Å². The van der Waals surface area contributed by atoms with Crippen LogP contribution < -0.4 is 31.8 Å². The Morgan fingerprint density at radius 3 is 0.720 bits per heavy atom. The van der Waals surface area contributed by atoms with Gasteiger partial charge >= 0.3 is 0 Å². The van der Waals surface area contributed by atoms with Crippen LogP contribution in [-0.4, -0.2) is 0 Å². The normalized spacial score (nSPS) is 11.8. The summed E-state index contributed by atoms with van der Waals surface area (Å²) in [5, 5.41) is 11.2. The fraction of sp³-hybridized carbons (Fsp3) is 0.0417. The van der Waals surface area contributed by atoms with Crippen molar-refractivity contribution in [2.24, 2.45) is 0 Å². The van der Waals surface area contributed by atoms with Crippen LogP contribution >= 0.6 is 14.5 Å². The molecule has 0 heterocycles. The predicted molar refractivity (Wildman–Crippen MR) is 222 cm³/mol. The Balaban J connectivity index is 1.39. The maximum absolute atomic E-state index is 2.41. The highest BCUT2D eigenvalue weighted by Gasteiger charge is 2.48. The third-order valence-electron chi connectivity index (χ3n) is 10.1. The molecule has 0 aliphatic heterocycles. The van der Waals surface area contributed by atoms with Crippen molar-refractivity contribution in [2.45, 2.75) is 12.3 Å². The largest absolute Gasteiger partial charge is 0.116 e. The summed E-state index contributed by atoms with van der Waals surface area (Å²) < 4.78 is 0. The molecule has 240 valence electrons. The molecule has 0 aliphatic carbocycles. The second kappa shape index (κ2) is 14.4. The average Bonchev–Trinajstić information content (AvgIpc) is 3.21. The van der Waals surface area contributed by atoms with Crippen molar-refractivity contribution < 1.29 is 0 Å². The molecule has 0 nitrogen and oxygen atoms in total. The SMILES string of the molecule is c1ccc([P+](Cc2cccc3cccc(C[P+](c4ccccc4)(c4ccccc4)c4ccccc4)c23)(c2ccccc2)c2ccccc2)cc1. The molecule has 8 rings (SSSR count). The lowest BCUT2D eigenvalue weighted by molar-refractivity contribution is 1.37. The summed E-state index contributed by atoms with van der Waals surface area (Å²) in [5.41, 5.74) is 2.82. The summed E-state index contributed by atoms with van der Waals surface area (Å²) in [5.74, 6) is 0. The van der Waals surface area contributed by atoms with Crippen molar-refractivity contribution in [3.05, 3.63) is 230 Å². The summed E-state index contributed by atoms with van der Waals surface area (Å²) in [6, 6.07) is 81.7. The first-order valence-corrected chi connectivity index (χ1v) is 21.3. The lowest BCUT2D eigenvalue weighted by Crippen LogP contribution is -2.33.